The normalized spacial score (nSPS) is 10.9. The Bertz CT molecular complexity index is 259. The molecule has 1 aromatic rings. The van der Waals surface area contributed by atoms with Crippen LogP contribution in [0, 0.1) is 0 Å². The zero-order chi connectivity index (χ0) is 11.6. The number of hydrogen-bond donors (Lipinski definition) is 1. The largest absolute Gasteiger partial charge is 0.315 e. The predicted octanol–water partition coefficient (Wildman–Crippen LogP) is 2.51. The molecule has 0 aromatic heterocycles. The summed E-state index contributed by atoms with van der Waals surface area (Å²) in [7, 11) is 2.18. The first-order valence-corrected chi connectivity index (χ1v) is 6.26. The summed E-state index contributed by atoms with van der Waals surface area (Å²) in [5, 5.41) is 3.46. The third-order valence-electron chi connectivity index (χ3n) is 2.67. The Morgan fingerprint density at radius 3 is 2.56 bits per heavy atom. The minimum absolute atomic E-state index is 1.04. The average Bonchev–Trinajstić information content (AvgIpc) is 2.30. The van der Waals surface area contributed by atoms with E-state index in [2.05, 4.69) is 54.5 Å². The van der Waals surface area contributed by atoms with Gasteiger partial charge >= 0.3 is 0 Å². The molecule has 0 spiro atoms. The molecule has 1 aromatic carbocycles. The summed E-state index contributed by atoms with van der Waals surface area (Å²) < 4.78 is 0. The fourth-order valence-electron chi connectivity index (χ4n) is 1.67. The van der Waals surface area contributed by atoms with Gasteiger partial charge in [-0.1, -0.05) is 43.7 Å². The fraction of sp³-hybridized carbons (Fsp3) is 0.571. The molecule has 16 heavy (non-hydrogen) atoms. The molecule has 0 atom stereocenters. The summed E-state index contributed by atoms with van der Waals surface area (Å²) in [5.74, 6) is 0. The average molecular weight is 220 g/mol. The second-order valence-corrected chi connectivity index (χ2v) is 4.33. The van der Waals surface area contributed by atoms with Crippen molar-refractivity contribution in [1.29, 1.82) is 0 Å². The number of rotatable bonds is 8. The second kappa shape index (κ2) is 8.31. The summed E-state index contributed by atoms with van der Waals surface area (Å²) in [6.45, 7) is 6.61. The van der Waals surface area contributed by atoms with Crippen molar-refractivity contribution < 1.29 is 0 Å². The first-order valence-electron chi connectivity index (χ1n) is 6.26. The standard InChI is InChI=1S/C14H24N2/c1-3-4-10-15-11-12-16(2)13-14-8-6-5-7-9-14/h5-9,15H,3-4,10-13H2,1-2H3. The quantitative estimate of drug-likeness (QED) is 0.677. The third-order valence-corrected chi connectivity index (χ3v) is 2.67. The molecule has 0 heterocycles. The Morgan fingerprint density at radius 2 is 1.88 bits per heavy atom. The number of hydrogen-bond acceptors (Lipinski definition) is 2. The number of unbranched alkanes of at least 4 members (excludes halogenated alkanes) is 1. The zero-order valence-corrected chi connectivity index (χ0v) is 10.6. The van der Waals surface area contributed by atoms with Gasteiger partial charge in [-0.2, -0.15) is 0 Å². The Morgan fingerprint density at radius 1 is 1.12 bits per heavy atom. The van der Waals surface area contributed by atoms with Crippen molar-refractivity contribution in [2.75, 3.05) is 26.7 Å². The second-order valence-electron chi connectivity index (χ2n) is 4.33. The molecule has 1 rings (SSSR count). The van der Waals surface area contributed by atoms with Crippen LogP contribution in [0.15, 0.2) is 30.3 Å². The lowest BCUT2D eigenvalue weighted by Gasteiger charge is -2.16. The Kier molecular flexibility index (Phi) is 6.86. The molecule has 1 N–H and O–H groups in total. The van der Waals surface area contributed by atoms with E-state index >= 15 is 0 Å². The van der Waals surface area contributed by atoms with Crippen molar-refractivity contribution in [1.82, 2.24) is 10.2 Å². The van der Waals surface area contributed by atoms with Crippen LogP contribution in [0.25, 0.3) is 0 Å². The number of nitrogens with zero attached hydrogens (tertiary/aromatic N) is 1. The molecule has 0 saturated heterocycles. The lowest BCUT2D eigenvalue weighted by molar-refractivity contribution is 0.324. The lowest BCUT2D eigenvalue weighted by Crippen LogP contribution is -2.29. The van der Waals surface area contributed by atoms with Crippen LogP contribution >= 0.6 is 0 Å². The summed E-state index contributed by atoms with van der Waals surface area (Å²) in [6, 6.07) is 10.6. The highest BCUT2D eigenvalue weighted by molar-refractivity contribution is 5.14. The maximum Gasteiger partial charge on any atom is 0.0231 e. The van der Waals surface area contributed by atoms with Crippen LogP contribution in [-0.4, -0.2) is 31.6 Å². The first-order chi connectivity index (χ1) is 7.83. The van der Waals surface area contributed by atoms with Gasteiger partial charge in [0.1, 0.15) is 0 Å². The molecule has 0 aliphatic rings. The van der Waals surface area contributed by atoms with Gasteiger partial charge in [0, 0.05) is 19.6 Å². The number of benzene rings is 1. The van der Waals surface area contributed by atoms with Crippen LogP contribution in [0.2, 0.25) is 0 Å². The number of nitrogens with one attached hydrogen (secondary N) is 1. The monoisotopic (exact) mass is 220 g/mol. The molecule has 0 amide bonds. The summed E-state index contributed by atoms with van der Waals surface area (Å²) in [6.07, 6.45) is 2.55. The summed E-state index contributed by atoms with van der Waals surface area (Å²) in [5.41, 5.74) is 1.39. The van der Waals surface area contributed by atoms with Gasteiger partial charge in [0.05, 0.1) is 0 Å². The van der Waals surface area contributed by atoms with E-state index < -0.39 is 0 Å². The summed E-state index contributed by atoms with van der Waals surface area (Å²) in [4.78, 5) is 2.36. The van der Waals surface area contributed by atoms with E-state index in [9.17, 15) is 0 Å². The van der Waals surface area contributed by atoms with E-state index in [1.807, 2.05) is 0 Å². The van der Waals surface area contributed by atoms with Gasteiger partial charge in [0.15, 0.2) is 0 Å². The van der Waals surface area contributed by atoms with E-state index in [1.165, 1.54) is 18.4 Å². The SMILES string of the molecule is CCCCNCCN(C)Cc1ccccc1. The van der Waals surface area contributed by atoms with Gasteiger partial charge in [-0.15, -0.1) is 0 Å². The molecular formula is C14H24N2. The van der Waals surface area contributed by atoms with Gasteiger partial charge in [0.2, 0.25) is 0 Å². The van der Waals surface area contributed by atoms with Crippen molar-refractivity contribution in [3.05, 3.63) is 35.9 Å². The minimum Gasteiger partial charge on any atom is -0.315 e. The van der Waals surface area contributed by atoms with Crippen molar-refractivity contribution in [2.24, 2.45) is 0 Å². The van der Waals surface area contributed by atoms with Gasteiger partial charge in [-0.05, 0) is 25.6 Å². The fourth-order valence-corrected chi connectivity index (χ4v) is 1.67. The van der Waals surface area contributed by atoms with Crippen LogP contribution < -0.4 is 5.32 Å². The van der Waals surface area contributed by atoms with Crippen molar-refractivity contribution in [3.8, 4) is 0 Å². The van der Waals surface area contributed by atoms with Gasteiger partial charge in [-0.25, -0.2) is 0 Å². The van der Waals surface area contributed by atoms with Crippen molar-refractivity contribution in [3.63, 3.8) is 0 Å². The highest BCUT2D eigenvalue weighted by Crippen LogP contribution is 2.01. The van der Waals surface area contributed by atoms with Crippen LogP contribution in [-0.2, 0) is 6.54 Å². The van der Waals surface area contributed by atoms with E-state index in [-0.39, 0.29) is 0 Å². The lowest BCUT2D eigenvalue weighted by atomic mass is 10.2. The van der Waals surface area contributed by atoms with E-state index in [1.54, 1.807) is 0 Å². The molecule has 0 radical (unpaired) electrons. The van der Waals surface area contributed by atoms with Gasteiger partial charge < -0.3 is 10.2 Å². The maximum atomic E-state index is 3.46. The Balaban J connectivity index is 2.09. The Hall–Kier alpha value is -0.860. The molecular weight excluding hydrogens is 196 g/mol. The molecule has 0 saturated carbocycles. The predicted molar refractivity (Wildman–Crippen MR) is 70.6 cm³/mol. The smallest absolute Gasteiger partial charge is 0.0231 e. The number of likely N-dealkylation sites (N-methyl/N-ethyl adjacent to an activating group) is 1. The van der Waals surface area contributed by atoms with Gasteiger partial charge in [0.25, 0.3) is 0 Å². The first kappa shape index (κ1) is 13.2. The molecule has 0 unspecified atom stereocenters. The van der Waals surface area contributed by atoms with Crippen LogP contribution in [0.3, 0.4) is 0 Å². The highest BCUT2D eigenvalue weighted by Gasteiger charge is 1.98. The molecule has 0 aliphatic heterocycles. The topological polar surface area (TPSA) is 15.3 Å². The Labute approximate surface area is 99.7 Å². The highest BCUT2D eigenvalue weighted by atomic mass is 15.1. The molecule has 2 nitrogen and oxygen atoms in total. The van der Waals surface area contributed by atoms with Crippen LogP contribution in [0.5, 0.6) is 0 Å². The summed E-state index contributed by atoms with van der Waals surface area (Å²) >= 11 is 0. The molecule has 0 bridgehead atoms. The van der Waals surface area contributed by atoms with Crippen molar-refractivity contribution >= 4 is 0 Å². The third kappa shape index (κ3) is 5.89. The zero-order valence-electron chi connectivity index (χ0n) is 10.6. The van der Waals surface area contributed by atoms with Crippen molar-refractivity contribution in [2.45, 2.75) is 26.3 Å². The molecule has 2 heteroatoms. The molecule has 0 fully saturated rings. The van der Waals surface area contributed by atoms with Crippen LogP contribution in [0.1, 0.15) is 25.3 Å². The van der Waals surface area contributed by atoms with Crippen LogP contribution in [0.4, 0.5) is 0 Å². The van der Waals surface area contributed by atoms with E-state index in [0.717, 1.165) is 26.2 Å². The maximum absolute atomic E-state index is 3.46. The molecule has 90 valence electrons. The minimum atomic E-state index is 1.04. The molecule has 0 aliphatic carbocycles. The van der Waals surface area contributed by atoms with E-state index in [4.69, 9.17) is 0 Å². The van der Waals surface area contributed by atoms with Gasteiger partial charge in [-0.3, -0.25) is 0 Å². The van der Waals surface area contributed by atoms with E-state index in [0.29, 0.717) is 0 Å².